The number of anilines is 1. The van der Waals surface area contributed by atoms with Gasteiger partial charge < -0.3 is 14.5 Å². The van der Waals surface area contributed by atoms with E-state index in [2.05, 4.69) is 34.7 Å². The maximum Gasteiger partial charge on any atom is 0.337 e. The fraction of sp³-hybridized carbons (Fsp3) is 0.381. The molecule has 2 aromatic carbocycles. The normalized spacial score (nSPS) is 16.4. The van der Waals surface area contributed by atoms with Gasteiger partial charge in [0.05, 0.1) is 31.5 Å². The van der Waals surface area contributed by atoms with E-state index < -0.39 is 5.60 Å². The molecule has 0 aromatic heterocycles. The van der Waals surface area contributed by atoms with Gasteiger partial charge in [0.15, 0.2) is 5.60 Å². The number of hydrogen-bond acceptors (Lipinski definition) is 5. The second kappa shape index (κ2) is 7.89. The largest absolute Gasteiger partial charge is 0.464 e. The number of nitrogens with zero attached hydrogens (tertiary/aromatic N) is 1. The minimum atomic E-state index is -0.973. The van der Waals surface area contributed by atoms with E-state index >= 15 is 0 Å². The summed E-state index contributed by atoms with van der Waals surface area (Å²) in [7, 11) is 0. The van der Waals surface area contributed by atoms with Crippen molar-refractivity contribution in [2.45, 2.75) is 39.0 Å². The molecule has 1 aliphatic rings. The monoisotopic (exact) mass is 354 g/mol. The zero-order valence-corrected chi connectivity index (χ0v) is 15.6. The molecule has 1 aliphatic heterocycles. The molecule has 0 bridgehead atoms. The number of fused-ring (bicyclic) bond motifs is 1. The number of carbonyl (C=O) groups is 1. The quantitative estimate of drug-likeness (QED) is 0.770. The van der Waals surface area contributed by atoms with Crippen LogP contribution in [0.2, 0.25) is 0 Å². The van der Waals surface area contributed by atoms with Gasteiger partial charge in [0.2, 0.25) is 0 Å². The van der Waals surface area contributed by atoms with E-state index in [0.717, 1.165) is 12.2 Å². The molecular formula is C21H26N2O3. The first-order chi connectivity index (χ1) is 12.5. The Balaban J connectivity index is 1.70. The van der Waals surface area contributed by atoms with Gasteiger partial charge >= 0.3 is 5.97 Å². The highest BCUT2D eigenvalue weighted by molar-refractivity contribution is 5.78. The summed E-state index contributed by atoms with van der Waals surface area (Å²) in [6.45, 7) is 6.77. The van der Waals surface area contributed by atoms with Crippen LogP contribution in [0, 0.1) is 0 Å². The molecule has 2 aromatic rings. The summed E-state index contributed by atoms with van der Waals surface area (Å²) in [5.41, 5.74) is 6.06. The molecule has 0 saturated heterocycles. The van der Waals surface area contributed by atoms with Gasteiger partial charge in [-0.1, -0.05) is 48.5 Å². The van der Waals surface area contributed by atoms with Crippen molar-refractivity contribution in [3.05, 3.63) is 65.7 Å². The number of nitrogens with one attached hydrogen (secondary N) is 1. The summed E-state index contributed by atoms with van der Waals surface area (Å²) in [6.07, 6.45) is 0. The molecule has 1 N–H and O–H groups in total. The molecule has 1 unspecified atom stereocenters. The third-order valence-corrected chi connectivity index (χ3v) is 4.48. The summed E-state index contributed by atoms with van der Waals surface area (Å²) in [6, 6.07) is 18.6. The Morgan fingerprint density at radius 2 is 1.81 bits per heavy atom. The number of hydrogen-bond donors (Lipinski definition) is 1. The van der Waals surface area contributed by atoms with Crippen LogP contribution >= 0.6 is 0 Å². The van der Waals surface area contributed by atoms with Gasteiger partial charge in [0.25, 0.3) is 0 Å². The highest BCUT2D eigenvalue weighted by Gasteiger charge is 2.34. The van der Waals surface area contributed by atoms with Crippen LogP contribution in [0.15, 0.2) is 54.6 Å². The molecule has 3 rings (SSSR count). The van der Waals surface area contributed by atoms with Gasteiger partial charge in [-0.05, 0) is 38.0 Å². The number of para-hydroxylation sites is 1. The highest BCUT2D eigenvalue weighted by atomic mass is 16.6. The summed E-state index contributed by atoms with van der Waals surface area (Å²) in [5, 5.41) is 2.13. The van der Waals surface area contributed by atoms with E-state index in [1.165, 1.54) is 11.1 Å². The third-order valence-electron chi connectivity index (χ3n) is 4.48. The van der Waals surface area contributed by atoms with Crippen LogP contribution in [-0.4, -0.2) is 24.8 Å². The third kappa shape index (κ3) is 4.06. The van der Waals surface area contributed by atoms with Gasteiger partial charge in [0, 0.05) is 0 Å². The van der Waals surface area contributed by atoms with Crippen LogP contribution in [0.3, 0.4) is 0 Å². The van der Waals surface area contributed by atoms with Crippen molar-refractivity contribution < 1.29 is 14.3 Å². The average molecular weight is 354 g/mol. The molecule has 1 atom stereocenters. The Labute approximate surface area is 154 Å². The molecule has 1 heterocycles. The Kier molecular flexibility index (Phi) is 5.59. The van der Waals surface area contributed by atoms with Crippen molar-refractivity contribution in [2.24, 2.45) is 0 Å². The summed E-state index contributed by atoms with van der Waals surface area (Å²) >= 11 is 0. The number of carbonyl (C=O) groups excluding carboxylic acids is 1. The molecule has 0 spiro atoms. The first kappa shape index (κ1) is 18.4. The molecule has 0 saturated carbocycles. The minimum Gasteiger partial charge on any atom is -0.464 e. The van der Waals surface area contributed by atoms with Gasteiger partial charge in [-0.2, -0.15) is 0 Å². The van der Waals surface area contributed by atoms with Crippen LogP contribution in [0.25, 0.3) is 0 Å². The molecule has 0 fully saturated rings. The highest BCUT2D eigenvalue weighted by Crippen LogP contribution is 2.34. The van der Waals surface area contributed by atoms with Gasteiger partial charge in [-0.3, -0.25) is 0 Å². The molecule has 0 aliphatic carbocycles. The number of benzene rings is 2. The first-order valence-electron chi connectivity index (χ1n) is 8.99. The predicted molar refractivity (Wildman–Crippen MR) is 102 cm³/mol. The topological polar surface area (TPSA) is 50.8 Å². The maximum atomic E-state index is 12.0. The number of ether oxygens (including phenoxy) is 2. The SMILES string of the molecule is CCOC(=O)C(C)(C)OCC1NN(Cc2ccccc2)c2ccccc21. The average Bonchev–Trinajstić information content (AvgIpc) is 2.99. The zero-order chi connectivity index (χ0) is 18.6. The molecule has 5 heteroatoms. The second-order valence-corrected chi connectivity index (χ2v) is 6.85. The Morgan fingerprint density at radius 3 is 2.54 bits per heavy atom. The van der Waals surface area contributed by atoms with Crippen molar-refractivity contribution in [1.29, 1.82) is 0 Å². The standard InChI is InChI=1S/C21H26N2O3/c1-4-25-20(24)21(2,3)26-15-18-17-12-8-9-13-19(17)23(22-18)14-16-10-6-5-7-11-16/h5-13,18,22H,4,14-15H2,1-3H3. The van der Waals surface area contributed by atoms with Crippen LogP contribution in [0.4, 0.5) is 5.69 Å². The Bertz CT molecular complexity index is 746. The fourth-order valence-electron chi connectivity index (χ4n) is 3.03. The lowest BCUT2D eigenvalue weighted by Gasteiger charge is -2.26. The summed E-state index contributed by atoms with van der Waals surface area (Å²) in [5.74, 6) is -0.340. The minimum absolute atomic E-state index is 0.0105. The van der Waals surface area contributed by atoms with E-state index in [-0.39, 0.29) is 12.0 Å². The van der Waals surface area contributed by atoms with Gasteiger partial charge in [-0.25, -0.2) is 10.2 Å². The van der Waals surface area contributed by atoms with Crippen molar-refractivity contribution in [3.63, 3.8) is 0 Å². The second-order valence-electron chi connectivity index (χ2n) is 6.85. The van der Waals surface area contributed by atoms with Crippen molar-refractivity contribution >= 4 is 11.7 Å². The van der Waals surface area contributed by atoms with Crippen molar-refractivity contribution in [3.8, 4) is 0 Å². The first-order valence-corrected chi connectivity index (χ1v) is 8.99. The molecule has 0 radical (unpaired) electrons. The lowest BCUT2D eigenvalue weighted by atomic mass is 10.1. The summed E-state index contributed by atoms with van der Waals surface area (Å²) < 4.78 is 11.0. The van der Waals surface area contributed by atoms with Crippen LogP contribution < -0.4 is 10.4 Å². The van der Waals surface area contributed by atoms with Crippen LogP contribution in [0.1, 0.15) is 37.9 Å². The fourth-order valence-corrected chi connectivity index (χ4v) is 3.03. The van der Waals surface area contributed by atoms with Crippen molar-refractivity contribution in [2.75, 3.05) is 18.2 Å². The maximum absolute atomic E-state index is 12.0. The molecule has 138 valence electrons. The number of hydrazine groups is 1. The molecular weight excluding hydrogens is 328 g/mol. The molecule has 26 heavy (non-hydrogen) atoms. The smallest absolute Gasteiger partial charge is 0.337 e. The summed E-state index contributed by atoms with van der Waals surface area (Å²) in [4.78, 5) is 12.0. The Morgan fingerprint density at radius 1 is 1.12 bits per heavy atom. The van der Waals surface area contributed by atoms with Gasteiger partial charge in [-0.15, -0.1) is 0 Å². The van der Waals surface area contributed by atoms with E-state index in [1.54, 1.807) is 20.8 Å². The van der Waals surface area contributed by atoms with Crippen LogP contribution in [0.5, 0.6) is 0 Å². The Hall–Kier alpha value is -2.37. The lowest BCUT2D eigenvalue weighted by Crippen LogP contribution is -2.41. The van der Waals surface area contributed by atoms with Gasteiger partial charge in [0.1, 0.15) is 0 Å². The lowest BCUT2D eigenvalue weighted by molar-refractivity contribution is -0.168. The zero-order valence-electron chi connectivity index (χ0n) is 15.6. The van der Waals surface area contributed by atoms with E-state index in [1.807, 2.05) is 30.3 Å². The van der Waals surface area contributed by atoms with Crippen molar-refractivity contribution in [1.82, 2.24) is 5.43 Å². The van der Waals surface area contributed by atoms with E-state index in [4.69, 9.17) is 9.47 Å². The van der Waals surface area contributed by atoms with E-state index in [9.17, 15) is 4.79 Å². The van der Waals surface area contributed by atoms with Crippen LogP contribution in [-0.2, 0) is 20.8 Å². The van der Waals surface area contributed by atoms with E-state index in [0.29, 0.717) is 13.2 Å². The number of rotatable bonds is 7. The predicted octanol–water partition coefficient (Wildman–Crippen LogP) is 3.61. The number of esters is 1. The molecule has 5 nitrogen and oxygen atoms in total. The molecule has 0 amide bonds.